The van der Waals surface area contributed by atoms with E-state index in [4.69, 9.17) is 4.74 Å². The Morgan fingerprint density at radius 1 is 0.926 bits per heavy atom. The summed E-state index contributed by atoms with van der Waals surface area (Å²) < 4.78 is 6.65. The minimum Gasteiger partial charge on any atom is -0.497 e. The molecule has 0 spiro atoms. The van der Waals surface area contributed by atoms with Crippen LogP contribution in [0.25, 0.3) is 5.69 Å². The third-order valence-corrected chi connectivity index (χ3v) is 3.91. The second-order valence-electron chi connectivity index (χ2n) is 6.06. The third-order valence-electron chi connectivity index (χ3n) is 3.91. The highest BCUT2D eigenvalue weighted by Gasteiger charge is 2.17. The topological polar surface area (TPSA) is 85.2 Å². The first-order valence-electron chi connectivity index (χ1n) is 8.36. The molecule has 7 nitrogen and oxygen atoms in total. The first-order valence-corrected chi connectivity index (χ1v) is 8.36. The number of nitrogens with zero attached hydrogens (tertiary/aromatic N) is 2. The Bertz CT molecular complexity index is 960. The highest BCUT2D eigenvalue weighted by atomic mass is 16.5. The van der Waals surface area contributed by atoms with Crippen molar-refractivity contribution in [1.82, 2.24) is 9.78 Å². The Morgan fingerprint density at radius 2 is 1.56 bits per heavy atom. The van der Waals surface area contributed by atoms with E-state index in [0.717, 1.165) is 16.9 Å². The average Bonchev–Trinajstić information content (AvgIpc) is 3.03. The molecule has 3 aromatic rings. The number of hydrogen-bond donors (Lipinski definition) is 2. The molecule has 27 heavy (non-hydrogen) atoms. The summed E-state index contributed by atoms with van der Waals surface area (Å²) in [5.41, 5.74) is 3.13. The molecule has 7 heteroatoms. The molecule has 2 aromatic carbocycles. The number of benzene rings is 2. The van der Waals surface area contributed by atoms with E-state index in [9.17, 15) is 9.59 Å². The normalized spacial score (nSPS) is 10.3. The molecule has 0 atom stereocenters. The molecular formula is C20H20N4O3. The van der Waals surface area contributed by atoms with Crippen LogP contribution < -0.4 is 15.4 Å². The van der Waals surface area contributed by atoms with Crippen molar-refractivity contribution in [2.75, 3.05) is 17.7 Å². The van der Waals surface area contributed by atoms with Crippen LogP contribution >= 0.6 is 0 Å². The molecule has 0 fully saturated rings. The summed E-state index contributed by atoms with van der Waals surface area (Å²) in [6.07, 6.45) is 0. The minimum atomic E-state index is -0.779. The van der Waals surface area contributed by atoms with Gasteiger partial charge in [0.2, 0.25) is 0 Å². The fraction of sp³-hybridized carbons (Fsp3) is 0.150. The number of methoxy groups -OCH3 is 1. The van der Waals surface area contributed by atoms with Crippen LogP contribution in [0.4, 0.5) is 11.5 Å². The number of nitrogens with one attached hydrogen (secondary N) is 2. The van der Waals surface area contributed by atoms with Crippen molar-refractivity contribution in [3.8, 4) is 11.4 Å². The van der Waals surface area contributed by atoms with E-state index in [2.05, 4.69) is 15.7 Å². The van der Waals surface area contributed by atoms with Gasteiger partial charge in [-0.3, -0.25) is 9.59 Å². The lowest BCUT2D eigenvalue weighted by molar-refractivity contribution is -0.133. The number of ether oxygens (including phenoxy) is 1. The van der Waals surface area contributed by atoms with Crippen LogP contribution in [-0.2, 0) is 9.59 Å². The molecule has 2 amide bonds. The standard InChI is InChI=1S/C20H20N4O3/c1-13-4-8-16(9-5-13)24-18(12-14(2)23-24)22-20(26)19(25)21-15-6-10-17(27-3)11-7-15/h4-12H,1-3H3,(H,21,25)(H,22,26). The summed E-state index contributed by atoms with van der Waals surface area (Å²) in [6, 6.07) is 16.1. The second-order valence-corrected chi connectivity index (χ2v) is 6.06. The van der Waals surface area contributed by atoms with Gasteiger partial charge in [-0.25, -0.2) is 4.68 Å². The Kier molecular flexibility index (Phi) is 5.21. The van der Waals surface area contributed by atoms with Gasteiger partial charge in [-0.15, -0.1) is 0 Å². The highest BCUT2D eigenvalue weighted by Crippen LogP contribution is 2.18. The molecule has 0 aliphatic heterocycles. The lowest BCUT2D eigenvalue weighted by Gasteiger charge is -2.10. The number of carbonyl (C=O) groups is 2. The van der Waals surface area contributed by atoms with E-state index in [1.807, 2.05) is 38.1 Å². The van der Waals surface area contributed by atoms with Crippen LogP contribution in [0.2, 0.25) is 0 Å². The lowest BCUT2D eigenvalue weighted by atomic mass is 10.2. The highest BCUT2D eigenvalue weighted by molar-refractivity contribution is 6.43. The molecule has 0 unspecified atom stereocenters. The minimum absolute atomic E-state index is 0.422. The molecule has 0 saturated carbocycles. The van der Waals surface area contributed by atoms with Crippen molar-refractivity contribution < 1.29 is 14.3 Å². The van der Waals surface area contributed by atoms with Crippen LogP contribution in [0.5, 0.6) is 5.75 Å². The van der Waals surface area contributed by atoms with Crippen molar-refractivity contribution in [1.29, 1.82) is 0 Å². The summed E-state index contributed by atoms with van der Waals surface area (Å²) in [5.74, 6) is -0.463. The third kappa shape index (κ3) is 4.33. The van der Waals surface area contributed by atoms with Crippen molar-refractivity contribution in [3.05, 3.63) is 65.9 Å². The van der Waals surface area contributed by atoms with Gasteiger partial charge in [-0.1, -0.05) is 17.7 Å². The smallest absolute Gasteiger partial charge is 0.315 e. The number of carbonyl (C=O) groups excluding carboxylic acids is 2. The number of rotatable bonds is 4. The maximum atomic E-state index is 12.3. The van der Waals surface area contributed by atoms with Gasteiger partial charge in [0.05, 0.1) is 18.5 Å². The Labute approximate surface area is 157 Å². The molecule has 0 aliphatic rings. The Morgan fingerprint density at radius 3 is 2.19 bits per heavy atom. The van der Waals surface area contributed by atoms with Crippen LogP contribution in [0.1, 0.15) is 11.3 Å². The second kappa shape index (κ2) is 7.74. The molecule has 0 bridgehead atoms. The van der Waals surface area contributed by atoms with Crippen molar-refractivity contribution >= 4 is 23.3 Å². The van der Waals surface area contributed by atoms with E-state index >= 15 is 0 Å². The summed E-state index contributed by atoms with van der Waals surface area (Å²) in [4.78, 5) is 24.5. The van der Waals surface area contributed by atoms with Gasteiger partial charge in [-0.05, 0) is 50.2 Å². The van der Waals surface area contributed by atoms with Gasteiger partial charge in [0.15, 0.2) is 0 Å². The van der Waals surface area contributed by atoms with Crippen molar-refractivity contribution in [2.45, 2.75) is 13.8 Å². The van der Waals surface area contributed by atoms with Gasteiger partial charge in [0, 0.05) is 11.8 Å². The molecule has 3 rings (SSSR count). The predicted molar refractivity (Wildman–Crippen MR) is 103 cm³/mol. The maximum absolute atomic E-state index is 12.3. The Balaban J connectivity index is 1.73. The van der Waals surface area contributed by atoms with Crippen LogP contribution in [0, 0.1) is 13.8 Å². The Hall–Kier alpha value is -3.61. The SMILES string of the molecule is COc1ccc(NC(=O)C(=O)Nc2cc(C)nn2-c2ccc(C)cc2)cc1. The van der Waals surface area contributed by atoms with E-state index in [1.54, 1.807) is 42.1 Å². The average molecular weight is 364 g/mol. The fourth-order valence-corrected chi connectivity index (χ4v) is 2.51. The summed E-state index contributed by atoms with van der Waals surface area (Å²) >= 11 is 0. The number of aromatic nitrogens is 2. The first-order chi connectivity index (χ1) is 13.0. The molecular weight excluding hydrogens is 344 g/mol. The molecule has 138 valence electrons. The van der Waals surface area contributed by atoms with E-state index < -0.39 is 11.8 Å². The van der Waals surface area contributed by atoms with Gasteiger partial charge < -0.3 is 15.4 Å². The summed E-state index contributed by atoms with van der Waals surface area (Å²) in [7, 11) is 1.56. The monoisotopic (exact) mass is 364 g/mol. The number of hydrogen-bond acceptors (Lipinski definition) is 4. The van der Waals surface area contributed by atoms with Crippen LogP contribution in [-0.4, -0.2) is 28.7 Å². The zero-order valence-corrected chi connectivity index (χ0v) is 15.3. The van der Waals surface area contributed by atoms with E-state index in [0.29, 0.717) is 17.3 Å². The van der Waals surface area contributed by atoms with Crippen molar-refractivity contribution in [2.24, 2.45) is 0 Å². The van der Waals surface area contributed by atoms with Crippen LogP contribution in [0.15, 0.2) is 54.6 Å². The van der Waals surface area contributed by atoms with Gasteiger partial charge in [0.25, 0.3) is 0 Å². The first kappa shape index (κ1) is 18.2. The van der Waals surface area contributed by atoms with Crippen molar-refractivity contribution in [3.63, 3.8) is 0 Å². The number of amides is 2. The van der Waals surface area contributed by atoms with Crippen LogP contribution in [0.3, 0.4) is 0 Å². The quantitative estimate of drug-likeness (QED) is 0.697. The summed E-state index contributed by atoms with van der Waals surface area (Å²) in [6.45, 7) is 3.81. The molecule has 0 saturated heterocycles. The van der Waals surface area contributed by atoms with Gasteiger partial charge in [0.1, 0.15) is 11.6 Å². The number of aryl methyl sites for hydroxylation is 2. The van der Waals surface area contributed by atoms with E-state index in [1.165, 1.54) is 0 Å². The fourth-order valence-electron chi connectivity index (χ4n) is 2.51. The predicted octanol–water partition coefficient (Wildman–Crippen LogP) is 3.07. The molecule has 0 radical (unpaired) electrons. The molecule has 1 heterocycles. The lowest BCUT2D eigenvalue weighted by Crippen LogP contribution is -2.29. The molecule has 0 aliphatic carbocycles. The zero-order chi connectivity index (χ0) is 19.4. The van der Waals surface area contributed by atoms with Gasteiger partial charge >= 0.3 is 11.8 Å². The van der Waals surface area contributed by atoms with E-state index in [-0.39, 0.29) is 0 Å². The zero-order valence-electron chi connectivity index (χ0n) is 15.3. The number of anilines is 2. The summed E-state index contributed by atoms with van der Waals surface area (Å²) in [5, 5.41) is 9.54. The molecule has 1 aromatic heterocycles. The maximum Gasteiger partial charge on any atom is 0.315 e. The molecule has 2 N–H and O–H groups in total. The van der Waals surface area contributed by atoms with Gasteiger partial charge in [-0.2, -0.15) is 5.10 Å². The largest absolute Gasteiger partial charge is 0.497 e.